The first kappa shape index (κ1) is 12.9. The van der Waals surface area contributed by atoms with Gasteiger partial charge >= 0.3 is 0 Å². The van der Waals surface area contributed by atoms with Crippen LogP contribution in [0, 0.1) is 5.92 Å². The van der Waals surface area contributed by atoms with E-state index in [1.165, 1.54) is 0 Å². The molecule has 0 aromatic carbocycles. The summed E-state index contributed by atoms with van der Waals surface area (Å²) in [5.74, 6) is 0.275. The Morgan fingerprint density at radius 1 is 1.47 bits per heavy atom. The van der Waals surface area contributed by atoms with Crippen LogP contribution in [0.1, 0.15) is 33.6 Å². The fraction of sp³-hybridized carbons (Fsp3) is 1.00. The number of likely N-dealkylation sites (tertiary alicyclic amines) is 1. The summed E-state index contributed by atoms with van der Waals surface area (Å²) in [7, 11) is 0. The van der Waals surface area contributed by atoms with Gasteiger partial charge in [0, 0.05) is 19.7 Å². The lowest BCUT2D eigenvalue weighted by Gasteiger charge is -2.37. The van der Waals surface area contributed by atoms with Crippen molar-refractivity contribution in [2.75, 3.05) is 19.7 Å². The minimum absolute atomic E-state index is 0.193. The van der Waals surface area contributed by atoms with E-state index < -0.39 is 6.41 Å². The number of aliphatic hydroxyl groups excluding tert-OH is 2. The molecule has 1 rings (SSSR count). The van der Waals surface area contributed by atoms with Crippen molar-refractivity contribution >= 4 is 0 Å². The molecule has 0 bridgehead atoms. The highest BCUT2D eigenvalue weighted by Gasteiger charge is 2.27. The van der Waals surface area contributed by atoms with E-state index in [0.29, 0.717) is 6.54 Å². The zero-order valence-electron chi connectivity index (χ0n) is 9.94. The van der Waals surface area contributed by atoms with Gasteiger partial charge in [0.2, 0.25) is 6.41 Å². The van der Waals surface area contributed by atoms with Gasteiger partial charge in [-0.15, -0.1) is 0 Å². The van der Waals surface area contributed by atoms with E-state index in [1.807, 2.05) is 25.7 Å². The average Bonchev–Trinajstić information content (AvgIpc) is 2.15. The zero-order chi connectivity index (χ0) is 11.5. The highest BCUT2D eigenvalue weighted by atomic mass is 16.6. The van der Waals surface area contributed by atoms with E-state index in [4.69, 9.17) is 9.84 Å². The first-order valence-corrected chi connectivity index (χ1v) is 5.63. The smallest absolute Gasteiger partial charge is 0.216 e. The van der Waals surface area contributed by atoms with Gasteiger partial charge in [0.05, 0.1) is 5.60 Å². The first-order valence-electron chi connectivity index (χ1n) is 5.63. The van der Waals surface area contributed by atoms with Crippen molar-refractivity contribution in [2.45, 2.75) is 45.6 Å². The molecule has 4 heteroatoms. The number of rotatable bonds is 3. The molecule has 0 aromatic rings. The molecule has 1 heterocycles. The fourth-order valence-electron chi connectivity index (χ4n) is 1.84. The van der Waals surface area contributed by atoms with Gasteiger partial charge < -0.3 is 14.9 Å². The van der Waals surface area contributed by atoms with Crippen molar-refractivity contribution in [1.29, 1.82) is 0 Å². The second-order valence-corrected chi connectivity index (χ2v) is 5.24. The van der Waals surface area contributed by atoms with Gasteiger partial charge in [0.25, 0.3) is 0 Å². The van der Waals surface area contributed by atoms with Gasteiger partial charge in [-0.25, -0.2) is 0 Å². The van der Waals surface area contributed by atoms with Crippen molar-refractivity contribution in [3.05, 3.63) is 0 Å². The van der Waals surface area contributed by atoms with Crippen LogP contribution in [0.5, 0.6) is 0 Å². The minimum Gasteiger partial charge on any atom is -0.396 e. The van der Waals surface area contributed by atoms with Crippen molar-refractivity contribution in [3.63, 3.8) is 0 Å². The quantitative estimate of drug-likeness (QED) is 0.686. The largest absolute Gasteiger partial charge is 0.396 e. The van der Waals surface area contributed by atoms with Gasteiger partial charge in [-0.2, -0.15) is 0 Å². The van der Waals surface area contributed by atoms with E-state index in [9.17, 15) is 5.11 Å². The molecule has 1 saturated heterocycles. The maximum Gasteiger partial charge on any atom is 0.216 e. The van der Waals surface area contributed by atoms with E-state index in [1.54, 1.807) is 0 Å². The number of hydrogen-bond acceptors (Lipinski definition) is 4. The molecule has 1 aliphatic heterocycles. The number of nitrogens with zero attached hydrogens (tertiary/aromatic N) is 1. The molecular weight excluding hydrogens is 194 g/mol. The second-order valence-electron chi connectivity index (χ2n) is 5.24. The lowest BCUT2D eigenvalue weighted by atomic mass is 9.99. The summed E-state index contributed by atoms with van der Waals surface area (Å²) >= 11 is 0. The van der Waals surface area contributed by atoms with E-state index >= 15 is 0 Å². The SMILES string of the molecule is CC(C)(C)OC(O)N1CCCC(CO)C1. The summed E-state index contributed by atoms with van der Waals surface area (Å²) in [5.41, 5.74) is -0.342. The van der Waals surface area contributed by atoms with Gasteiger partial charge in [-0.1, -0.05) is 0 Å². The third-order valence-corrected chi connectivity index (χ3v) is 2.58. The number of piperidine rings is 1. The van der Waals surface area contributed by atoms with Crippen molar-refractivity contribution in [3.8, 4) is 0 Å². The number of aliphatic hydroxyl groups is 2. The van der Waals surface area contributed by atoms with Crippen LogP contribution in [-0.2, 0) is 4.74 Å². The van der Waals surface area contributed by atoms with Crippen molar-refractivity contribution in [1.82, 2.24) is 4.90 Å². The monoisotopic (exact) mass is 217 g/mol. The second kappa shape index (κ2) is 5.25. The Morgan fingerprint density at radius 3 is 2.67 bits per heavy atom. The van der Waals surface area contributed by atoms with Crippen LogP contribution in [0.2, 0.25) is 0 Å². The summed E-state index contributed by atoms with van der Waals surface area (Å²) in [6.45, 7) is 7.51. The zero-order valence-corrected chi connectivity index (χ0v) is 9.94. The molecule has 2 unspecified atom stereocenters. The number of ether oxygens (including phenoxy) is 1. The minimum atomic E-state index is -0.848. The van der Waals surface area contributed by atoms with Crippen LogP contribution in [0.25, 0.3) is 0 Å². The Bertz CT molecular complexity index is 191. The molecule has 2 N–H and O–H groups in total. The maximum absolute atomic E-state index is 9.84. The molecule has 0 aliphatic carbocycles. The lowest BCUT2D eigenvalue weighted by Crippen LogP contribution is -2.47. The molecule has 15 heavy (non-hydrogen) atoms. The molecule has 0 radical (unpaired) electrons. The van der Waals surface area contributed by atoms with Gasteiger partial charge in [-0.3, -0.25) is 4.90 Å². The Kier molecular flexibility index (Phi) is 4.52. The topological polar surface area (TPSA) is 52.9 Å². The third kappa shape index (κ3) is 4.47. The summed E-state index contributed by atoms with van der Waals surface area (Å²) in [5, 5.41) is 18.9. The summed E-state index contributed by atoms with van der Waals surface area (Å²) in [6, 6.07) is 0. The molecule has 0 aromatic heterocycles. The first-order chi connectivity index (χ1) is 6.92. The molecule has 90 valence electrons. The molecule has 0 saturated carbocycles. The standard InChI is InChI=1S/C11H23NO3/c1-11(2,3)15-10(14)12-6-4-5-9(7-12)8-13/h9-10,13-14H,4-8H2,1-3H3. The average molecular weight is 217 g/mol. The Morgan fingerprint density at radius 2 is 2.13 bits per heavy atom. The molecule has 0 amide bonds. The molecule has 4 nitrogen and oxygen atoms in total. The highest BCUT2D eigenvalue weighted by Crippen LogP contribution is 2.20. The summed E-state index contributed by atoms with van der Waals surface area (Å²) in [6.07, 6.45) is 1.20. The van der Waals surface area contributed by atoms with E-state index in [0.717, 1.165) is 19.4 Å². The van der Waals surface area contributed by atoms with Crippen LogP contribution < -0.4 is 0 Å². The van der Waals surface area contributed by atoms with Crippen LogP contribution >= 0.6 is 0 Å². The van der Waals surface area contributed by atoms with Crippen molar-refractivity contribution in [2.24, 2.45) is 5.92 Å². The predicted octanol–water partition coefficient (Wildman–Crippen LogP) is 0.782. The number of hydrogen-bond donors (Lipinski definition) is 2. The Hall–Kier alpha value is -0.160. The fourth-order valence-corrected chi connectivity index (χ4v) is 1.84. The lowest BCUT2D eigenvalue weighted by molar-refractivity contribution is -0.245. The molecule has 1 fully saturated rings. The van der Waals surface area contributed by atoms with Crippen LogP contribution in [0.3, 0.4) is 0 Å². The molecular formula is C11H23NO3. The van der Waals surface area contributed by atoms with Gasteiger partial charge in [-0.05, 0) is 39.5 Å². The summed E-state index contributed by atoms with van der Waals surface area (Å²) < 4.78 is 5.47. The van der Waals surface area contributed by atoms with Crippen LogP contribution in [0.4, 0.5) is 0 Å². The Balaban J connectivity index is 2.41. The van der Waals surface area contributed by atoms with E-state index in [-0.39, 0.29) is 18.1 Å². The summed E-state index contributed by atoms with van der Waals surface area (Å²) in [4.78, 5) is 1.88. The third-order valence-electron chi connectivity index (χ3n) is 2.58. The maximum atomic E-state index is 9.84. The van der Waals surface area contributed by atoms with Crippen LogP contribution in [-0.4, -0.2) is 46.8 Å². The van der Waals surface area contributed by atoms with Crippen LogP contribution in [0.15, 0.2) is 0 Å². The predicted molar refractivity (Wildman–Crippen MR) is 58.2 cm³/mol. The van der Waals surface area contributed by atoms with Crippen molar-refractivity contribution < 1.29 is 14.9 Å². The highest BCUT2D eigenvalue weighted by molar-refractivity contribution is 4.72. The normalized spacial score (nSPS) is 26.6. The van der Waals surface area contributed by atoms with E-state index in [2.05, 4.69) is 0 Å². The molecule has 2 atom stereocenters. The Labute approximate surface area is 91.8 Å². The molecule has 0 spiro atoms. The molecule has 1 aliphatic rings. The van der Waals surface area contributed by atoms with Gasteiger partial charge in [0.1, 0.15) is 0 Å². The van der Waals surface area contributed by atoms with Gasteiger partial charge in [0.15, 0.2) is 0 Å².